The number of nitro groups is 1. The second-order valence-corrected chi connectivity index (χ2v) is 6.45. The molecular formula is C9H8ClNO6S. The predicted octanol–water partition coefficient (Wildman–Crippen LogP) is 1.65. The van der Waals surface area contributed by atoms with E-state index in [4.69, 9.17) is 16.7 Å². The second-order valence-electron chi connectivity index (χ2n) is 3.30. The monoisotopic (exact) mass is 293 g/mol. The largest absolute Gasteiger partial charge is 0.477 e. The highest BCUT2D eigenvalue weighted by Gasteiger charge is 2.33. The average Bonchev–Trinajstić information content (AvgIpc) is 2.27. The summed E-state index contributed by atoms with van der Waals surface area (Å²) in [7, 11) is -4.15. The molecule has 1 aromatic carbocycles. The van der Waals surface area contributed by atoms with E-state index in [1.165, 1.54) is 0 Å². The fourth-order valence-electron chi connectivity index (χ4n) is 1.29. The highest BCUT2D eigenvalue weighted by atomic mass is 35.5. The van der Waals surface area contributed by atoms with Gasteiger partial charge < -0.3 is 5.11 Å². The molecule has 0 heterocycles. The summed E-state index contributed by atoms with van der Waals surface area (Å²) in [5, 5.41) is 19.7. The molecule has 0 bridgehead atoms. The van der Waals surface area contributed by atoms with E-state index in [-0.39, 0.29) is 0 Å². The minimum atomic E-state index is -4.15. The summed E-state index contributed by atoms with van der Waals surface area (Å²) in [6, 6.07) is 3.03. The number of rotatable bonds is 4. The number of carbonyl (C=O) groups is 1. The molecule has 1 unspecified atom stereocenters. The number of aromatic carboxylic acids is 1. The lowest BCUT2D eigenvalue weighted by atomic mass is 10.2. The lowest BCUT2D eigenvalue weighted by Gasteiger charge is -2.08. The maximum Gasteiger partial charge on any atom is 0.342 e. The Labute approximate surface area is 107 Å². The fourth-order valence-corrected chi connectivity index (χ4v) is 2.65. The molecule has 0 spiro atoms. The van der Waals surface area contributed by atoms with Gasteiger partial charge in [-0.15, -0.1) is 11.6 Å². The van der Waals surface area contributed by atoms with Crippen LogP contribution in [-0.4, -0.2) is 29.1 Å². The molecule has 0 fully saturated rings. The second kappa shape index (κ2) is 4.91. The third kappa shape index (κ3) is 2.44. The molecule has 0 aliphatic carbocycles. The quantitative estimate of drug-likeness (QED) is 0.513. The van der Waals surface area contributed by atoms with Gasteiger partial charge in [0.2, 0.25) is 9.84 Å². The van der Waals surface area contributed by atoms with Crippen molar-refractivity contribution in [2.24, 2.45) is 0 Å². The molecule has 0 radical (unpaired) electrons. The Morgan fingerprint density at radius 1 is 1.50 bits per heavy atom. The maximum atomic E-state index is 11.8. The lowest BCUT2D eigenvalue weighted by molar-refractivity contribution is -0.388. The number of carboxylic acid groups (broad SMARTS) is 1. The van der Waals surface area contributed by atoms with Crippen molar-refractivity contribution >= 4 is 33.1 Å². The van der Waals surface area contributed by atoms with E-state index in [1.54, 1.807) is 0 Å². The van der Waals surface area contributed by atoms with Crippen molar-refractivity contribution in [3.05, 3.63) is 33.9 Å². The molecule has 98 valence electrons. The van der Waals surface area contributed by atoms with Gasteiger partial charge in [-0.3, -0.25) is 10.1 Å². The van der Waals surface area contributed by atoms with Crippen LogP contribution in [0, 0.1) is 10.1 Å². The molecule has 0 aliphatic heterocycles. The fraction of sp³-hybridized carbons (Fsp3) is 0.222. The van der Waals surface area contributed by atoms with Gasteiger partial charge in [0.25, 0.3) is 0 Å². The van der Waals surface area contributed by atoms with Crippen molar-refractivity contribution in [2.45, 2.75) is 16.5 Å². The zero-order valence-electron chi connectivity index (χ0n) is 9.03. The van der Waals surface area contributed by atoms with Gasteiger partial charge >= 0.3 is 11.7 Å². The van der Waals surface area contributed by atoms with Crippen molar-refractivity contribution < 1.29 is 23.2 Å². The van der Waals surface area contributed by atoms with E-state index >= 15 is 0 Å². The summed E-state index contributed by atoms with van der Waals surface area (Å²) >= 11 is 5.45. The Bertz CT molecular complexity index is 609. The highest BCUT2D eigenvalue weighted by molar-refractivity contribution is 7.93. The summed E-state index contributed by atoms with van der Waals surface area (Å²) in [5.74, 6) is -1.58. The molecule has 7 nitrogen and oxygen atoms in total. The van der Waals surface area contributed by atoms with Gasteiger partial charge in [-0.25, -0.2) is 13.2 Å². The molecule has 1 N–H and O–H groups in total. The first-order chi connectivity index (χ1) is 8.19. The first kappa shape index (κ1) is 14.4. The Morgan fingerprint density at radius 2 is 2.06 bits per heavy atom. The van der Waals surface area contributed by atoms with Crippen LogP contribution in [0.5, 0.6) is 0 Å². The Hall–Kier alpha value is -1.67. The zero-order chi connectivity index (χ0) is 14.1. The molecule has 9 heteroatoms. The van der Waals surface area contributed by atoms with Gasteiger partial charge in [0.1, 0.15) is 15.2 Å². The van der Waals surface area contributed by atoms with E-state index in [0.29, 0.717) is 0 Å². The Kier molecular flexibility index (Phi) is 3.92. The highest BCUT2D eigenvalue weighted by Crippen LogP contribution is 2.31. The van der Waals surface area contributed by atoms with Gasteiger partial charge in [-0.1, -0.05) is 6.07 Å². The molecule has 1 atom stereocenters. The van der Waals surface area contributed by atoms with E-state index < -0.39 is 41.6 Å². The van der Waals surface area contributed by atoms with Crippen molar-refractivity contribution in [2.75, 3.05) is 0 Å². The number of hydrogen-bond acceptors (Lipinski definition) is 5. The summed E-state index contributed by atoms with van der Waals surface area (Å²) < 4.78 is 22.2. The van der Waals surface area contributed by atoms with Crippen LogP contribution in [0.3, 0.4) is 0 Å². The first-order valence-corrected chi connectivity index (χ1v) is 6.56. The maximum absolute atomic E-state index is 11.8. The standard InChI is InChI=1S/C9H8ClNO6S/c1-5(10)18(16,17)7-4-2-3-6(9(12)13)8(7)11(14)15/h2-5H,1H3,(H,12,13). The van der Waals surface area contributed by atoms with E-state index in [0.717, 1.165) is 25.1 Å². The average molecular weight is 294 g/mol. The summed E-state index contributed by atoms with van der Waals surface area (Å²) in [6.45, 7) is 1.13. The zero-order valence-corrected chi connectivity index (χ0v) is 10.6. The number of halogens is 1. The van der Waals surface area contributed by atoms with Crippen molar-refractivity contribution in [3.63, 3.8) is 0 Å². The normalized spacial score (nSPS) is 13.0. The molecule has 1 aromatic rings. The predicted molar refractivity (Wildman–Crippen MR) is 62.6 cm³/mol. The first-order valence-electron chi connectivity index (χ1n) is 4.58. The van der Waals surface area contributed by atoms with E-state index in [1.807, 2.05) is 0 Å². The molecular weight excluding hydrogens is 286 g/mol. The molecule has 0 amide bonds. The topological polar surface area (TPSA) is 115 Å². The van der Waals surface area contributed by atoms with Gasteiger partial charge in [0.05, 0.1) is 4.92 Å². The minimum Gasteiger partial charge on any atom is -0.477 e. The number of hydrogen-bond donors (Lipinski definition) is 1. The molecule has 0 aromatic heterocycles. The molecule has 0 saturated carbocycles. The Balaban J connectivity index is 3.72. The van der Waals surface area contributed by atoms with Crippen LogP contribution in [-0.2, 0) is 9.84 Å². The van der Waals surface area contributed by atoms with Crippen LogP contribution in [0.2, 0.25) is 0 Å². The van der Waals surface area contributed by atoms with E-state index in [9.17, 15) is 23.3 Å². The van der Waals surface area contributed by atoms with Crippen LogP contribution in [0.4, 0.5) is 5.69 Å². The van der Waals surface area contributed by atoms with Gasteiger partial charge in [-0.2, -0.15) is 0 Å². The molecule has 0 aliphatic rings. The summed E-state index contributed by atoms with van der Waals surface area (Å²) in [6.07, 6.45) is 0. The number of para-hydroxylation sites is 1. The third-order valence-corrected chi connectivity index (χ3v) is 4.65. The van der Waals surface area contributed by atoms with Gasteiger partial charge in [-0.05, 0) is 19.1 Å². The van der Waals surface area contributed by atoms with Crippen LogP contribution >= 0.6 is 11.6 Å². The van der Waals surface area contributed by atoms with Crippen molar-refractivity contribution in [3.8, 4) is 0 Å². The molecule has 0 saturated heterocycles. The van der Waals surface area contributed by atoms with Crippen molar-refractivity contribution in [1.29, 1.82) is 0 Å². The summed E-state index contributed by atoms with van der Waals surface area (Å²) in [4.78, 5) is 19.9. The Morgan fingerprint density at radius 3 is 2.44 bits per heavy atom. The molecule has 18 heavy (non-hydrogen) atoms. The smallest absolute Gasteiger partial charge is 0.342 e. The SMILES string of the molecule is CC(Cl)S(=O)(=O)c1cccc(C(=O)O)c1[N+](=O)[O-]. The van der Waals surface area contributed by atoms with Crippen LogP contribution in [0.1, 0.15) is 17.3 Å². The van der Waals surface area contributed by atoms with Crippen LogP contribution < -0.4 is 0 Å². The third-order valence-electron chi connectivity index (χ3n) is 2.15. The number of alkyl halides is 1. The number of nitrogens with zero attached hydrogens (tertiary/aromatic N) is 1. The van der Waals surface area contributed by atoms with Crippen LogP contribution in [0.15, 0.2) is 23.1 Å². The van der Waals surface area contributed by atoms with Gasteiger partial charge in [0, 0.05) is 0 Å². The number of benzene rings is 1. The summed E-state index contributed by atoms with van der Waals surface area (Å²) in [5.41, 5.74) is -1.67. The molecule has 1 rings (SSSR count). The number of carboxylic acids is 1. The number of nitro benzene ring substituents is 1. The van der Waals surface area contributed by atoms with Crippen molar-refractivity contribution in [1.82, 2.24) is 0 Å². The minimum absolute atomic E-state index is 0.696. The number of sulfone groups is 1. The van der Waals surface area contributed by atoms with E-state index in [2.05, 4.69) is 0 Å². The van der Waals surface area contributed by atoms with Crippen LogP contribution in [0.25, 0.3) is 0 Å². The lowest BCUT2D eigenvalue weighted by Crippen LogP contribution is -2.15. The van der Waals surface area contributed by atoms with Gasteiger partial charge in [0.15, 0.2) is 0 Å².